The normalized spacial score (nSPS) is 27.9. The minimum absolute atomic E-state index is 0.0741. The number of benzene rings is 5. The molecule has 0 amide bonds. The number of rotatable bonds is 8. The van der Waals surface area contributed by atoms with E-state index in [-0.39, 0.29) is 29.9 Å². The summed E-state index contributed by atoms with van der Waals surface area (Å²) in [5.74, 6) is 2.91. The van der Waals surface area contributed by atoms with E-state index in [2.05, 4.69) is 92.7 Å². The minimum atomic E-state index is -0.669. The summed E-state index contributed by atoms with van der Waals surface area (Å²) >= 11 is 0. The van der Waals surface area contributed by atoms with E-state index in [1.165, 1.54) is 92.0 Å². The molecule has 4 nitrogen and oxygen atoms in total. The summed E-state index contributed by atoms with van der Waals surface area (Å²) in [6.45, 7) is 4.61. The predicted octanol–water partition coefficient (Wildman–Crippen LogP) is 13.7. The van der Waals surface area contributed by atoms with Gasteiger partial charge in [-0.1, -0.05) is 112 Å². The van der Waals surface area contributed by atoms with Gasteiger partial charge in [0.2, 0.25) is 0 Å². The van der Waals surface area contributed by atoms with E-state index < -0.39 is 5.41 Å². The van der Waals surface area contributed by atoms with Crippen molar-refractivity contribution in [1.82, 2.24) is 0 Å². The van der Waals surface area contributed by atoms with Crippen molar-refractivity contribution in [1.29, 1.82) is 0 Å². The summed E-state index contributed by atoms with van der Waals surface area (Å²) in [6.07, 6.45) is 15.0. The second-order valence-electron chi connectivity index (χ2n) is 18.5. The molecule has 302 valence electrons. The molecule has 4 heteroatoms. The van der Waals surface area contributed by atoms with E-state index in [4.69, 9.17) is 9.47 Å². The van der Waals surface area contributed by atoms with Crippen molar-refractivity contribution in [3.8, 4) is 16.9 Å². The minimum Gasteiger partial charge on any atom is -0.458 e. The first-order chi connectivity index (χ1) is 29.0. The van der Waals surface area contributed by atoms with Gasteiger partial charge >= 0.3 is 11.9 Å². The van der Waals surface area contributed by atoms with Gasteiger partial charge in [-0.05, 0) is 169 Å². The summed E-state index contributed by atoms with van der Waals surface area (Å²) in [5.41, 5.74) is 10.2. The van der Waals surface area contributed by atoms with Crippen LogP contribution in [0, 0.1) is 17.8 Å². The fourth-order valence-electron chi connectivity index (χ4n) is 12.6. The van der Waals surface area contributed by atoms with Gasteiger partial charge in [0.1, 0.15) is 11.9 Å². The quantitative estimate of drug-likeness (QED) is 0.116. The van der Waals surface area contributed by atoms with Gasteiger partial charge in [0.15, 0.2) is 0 Å². The highest BCUT2D eigenvalue weighted by Gasteiger charge is 2.63. The maximum Gasteiger partial charge on any atom is 0.343 e. The van der Waals surface area contributed by atoms with Crippen LogP contribution >= 0.6 is 0 Å². The molecule has 5 aromatic carbocycles. The van der Waals surface area contributed by atoms with Crippen molar-refractivity contribution in [2.45, 2.75) is 127 Å². The molecule has 5 aliphatic rings. The number of esters is 2. The van der Waals surface area contributed by atoms with Crippen LogP contribution in [0.4, 0.5) is 0 Å². The molecule has 3 saturated carbocycles. The third-order valence-corrected chi connectivity index (χ3v) is 15.7. The van der Waals surface area contributed by atoms with Gasteiger partial charge < -0.3 is 9.47 Å². The Balaban J connectivity index is 0.988. The average Bonchev–Trinajstić information content (AvgIpc) is 3.77. The predicted molar refractivity (Wildman–Crippen MR) is 235 cm³/mol. The molecule has 0 aromatic heterocycles. The Kier molecular flexibility index (Phi) is 10.3. The Morgan fingerprint density at radius 3 is 1.75 bits per heavy atom. The largest absolute Gasteiger partial charge is 0.458 e. The highest BCUT2D eigenvalue weighted by Crippen LogP contribution is 2.68. The lowest BCUT2D eigenvalue weighted by molar-refractivity contribution is -0.0108. The molecule has 0 bridgehead atoms. The first kappa shape index (κ1) is 38.3. The zero-order valence-electron chi connectivity index (χ0n) is 34.8. The van der Waals surface area contributed by atoms with E-state index in [0.29, 0.717) is 28.7 Å². The Morgan fingerprint density at radius 1 is 0.559 bits per heavy atom. The zero-order valence-corrected chi connectivity index (χ0v) is 34.8. The van der Waals surface area contributed by atoms with Crippen LogP contribution in [0.5, 0.6) is 5.75 Å². The van der Waals surface area contributed by atoms with Crippen LogP contribution in [0.1, 0.15) is 169 Å². The van der Waals surface area contributed by atoms with Gasteiger partial charge in [-0.3, -0.25) is 0 Å². The van der Waals surface area contributed by atoms with E-state index in [0.717, 1.165) is 47.8 Å². The van der Waals surface area contributed by atoms with Crippen molar-refractivity contribution in [3.63, 3.8) is 0 Å². The summed E-state index contributed by atoms with van der Waals surface area (Å²) < 4.78 is 13.4. The summed E-state index contributed by atoms with van der Waals surface area (Å²) in [4.78, 5) is 28.5. The van der Waals surface area contributed by atoms with Gasteiger partial charge in [0, 0.05) is 11.5 Å². The van der Waals surface area contributed by atoms with E-state index >= 15 is 0 Å². The van der Waals surface area contributed by atoms with E-state index in [1.54, 1.807) is 0 Å². The monoisotopic (exact) mass is 782 g/mol. The van der Waals surface area contributed by atoms with Crippen molar-refractivity contribution < 1.29 is 19.1 Å². The molecule has 59 heavy (non-hydrogen) atoms. The van der Waals surface area contributed by atoms with Crippen LogP contribution in [0.3, 0.4) is 0 Å². The first-order valence-electron chi connectivity index (χ1n) is 22.9. The molecule has 5 aromatic rings. The van der Waals surface area contributed by atoms with Crippen molar-refractivity contribution in [3.05, 3.63) is 160 Å². The molecule has 5 aliphatic carbocycles. The average molecular weight is 783 g/mol. The molecular formula is C55H58O4. The summed E-state index contributed by atoms with van der Waals surface area (Å²) in [7, 11) is 0. The lowest BCUT2D eigenvalue weighted by atomic mass is 9.61. The van der Waals surface area contributed by atoms with Crippen molar-refractivity contribution in [2.24, 2.45) is 17.8 Å². The molecule has 0 saturated heterocycles. The van der Waals surface area contributed by atoms with Gasteiger partial charge in [-0.2, -0.15) is 0 Å². The molecule has 0 N–H and O–H groups in total. The van der Waals surface area contributed by atoms with Gasteiger partial charge in [0.05, 0.1) is 16.5 Å². The summed E-state index contributed by atoms with van der Waals surface area (Å²) in [5, 5.41) is 0. The fraction of sp³-hybridized carbons (Fsp3) is 0.418. The Hall–Kier alpha value is -4.96. The lowest BCUT2D eigenvalue weighted by Crippen LogP contribution is -2.45. The molecule has 0 aliphatic heterocycles. The maximum absolute atomic E-state index is 14.3. The van der Waals surface area contributed by atoms with Crippen LogP contribution < -0.4 is 4.74 Å². The van der Waals surface area contributed by atoms with Gasteiger partial charge in [0.25, 0.3) is 0 Å². The molecule has 10 rings (SSSR count). The van der Waals surface area contributed by atoms with E-state index in [1.807, 2.05) is 36.4 Å². The van der Waals surface area contributed by atoms with Crippen LogP contribution in [-0.4, -0.2) is 18.0 Å². The van der Waals surface area contributed by atoms with Crippen molar-refractivity contribution >= 4 is 11.9 Å². The first-order valence-corrected chi connectivity index (χ1v) is 22.9. The molecule has 0 heterocycles. The Labute approximate surface area is 350 Å². The Morgan fingerprint density at radius 2 is 1.12 bits per heavy atom. The smallest absolute Gasteiger partial charge is 0.343 e. The second-order valence-corrected chi connectivity index (χ2v) is 18.5. The van der Waals surface area contributed by atoms with Gasteiger partial charge in [-0.15, -0.1) is 0 Å². The highest BCUT2D eigenvalue weighted by atomic mass is 16.5. The number of carbonyl (C=O) groups is 2. The third kappa shape index (κ3) is 6.57. The lowest BCUT2D eigenvalue weighted by Gasteiger charge is -2.44. The zero-order chi connectivity index (χ0) is 40.1. The number of hydrogen-bond acceptors (Lipinski definition) is 4. The summed E-state index contributed by atoms with van der Waals surface area (Å²) in [6, 6.07) is 40.2. The third-order valence-electron chi connectivity index (χ3n) is 15.7. The standard InChI is InChI=1S/C55H58O4/c1-3-35-19-23-37(24-20-35)39-27-31-41(32-28-39)53(56)58-49-17-9-13-45-43-11-5-7-15-47(43)55(51(45)49)48-16-8-6-12-44(48)46-14-10-18-50(52(46)55)59-54(57)42-33-29-40(30-34-42)38-25-21-36(4-2)22-26-38/h5-9,11-13,15-17,27-38,46,50,52H,3-4,10,14,18-26H2,1-2H3/t35?,36?,37?,38?,46-,50+,52?,55?/m0/s1. The topological polar surface area (TPSA) is 52.6 Å². The molecule has 2 unspecified atom stereocenters. The van der Waals surface area contributed by atoms with Crippen LogP contribution in [0.25, 0.3) is 11.1 Å². The van der Waals surface area contributed by atoms with Crippen LogP contribution in [-0.2, 0) is 10.2 Å². The molecule has 4 atom stereocenters. The van der Waals surface area contributed by atoms with Crippen LogP contribution in [0.2, 0.25) is 0 Å². The highest BCUT2D eigenvalue weighted by molar-refractivity contribution is 5.94. The SMILES string of the molecule is CCC1CCC(c2ccc(C(=O)Oc3cccc4c3C3(c5ccccc5-4)c4ccccc4[C@@H]4CCC[C@@H](OC(=O)c5ccc(C6CCC(CC)CC6)cc5)C43)cc2)CC1. The second kappa shape index (κ2) is 15.9. The molecule has 1 spiro atoms. The number of fused-ring (bicyclic) bond motifs is 10. The molecule has 3 fully saturated rings. The maximum atomic E-state index is 14.3. The van der Waals surface area contributed by atoms with Crippen molar-refractivity contribution in [2.75, 3.05) is 0 Å². The Bertz CT molecular complexity index is 2320. The molecular weight excluding hydrogens is 725 g/mol. The van der Waals surface area contributed by atoms with E-state index in [9.17, 15) is 9.59 Å². The van der Waals surface area contributed by atoms with Crippen LogP contribution in [0.15, 0.2) is 115 Å². The molecule has 0 radical (unpaired) electrons. The van der Waals surface area contributed by atoms with Gasteiger partial charge in [-0.25, -0.2) is 9.59 Å². The number of carbonyl (C=O) groups excluding carboxylic acids is 2. The number of ether oxygens (including phenoxy) is 2. The number of hydrogen-bond donors (Lipinski definition) is 0. The fourth-order valence-corrected chi connectivity index (χ4v) is 12.6.